The van der Waals surface area contributed by atoms with Crippen molar-refractivity contribution in [1.82, 2.24) is 15.0 Å². The van der Waals surface area contributed by atoms with Crippen LogP contribution in [-0.2, 0) is 0 Å². The molecular formula is C17H13ClF3N5O. The van der Waals surface area contributed by atoms with Gasteiger partial charge in [-0.15, -0.1) is 13.2 Å². The summed E-state index contributed by atoms with van der Waals surface area (Å²) in [5, 5.41) is 5.67. The van der Waals surface area contributed by atoms with E-state index in [1.165, 1.54) is 12.1 Å². The van der Waals surface area contributed by atoms with Gasteiger partial charge in [-0.2, -0.15) is 4.98 Å². The summed E-state index contributed by atoms with van der Waals surface area (Å²) in [6.07, 6.45) is -1.53. The number of pyridine rings is 1. The summed E-state index contributed by atoms with van der Waals surface area (Å²) in [5.74, 6) is 0.322. The number of hydrogen-bond acceptors (Lipinski definition) is 6. The Bertz CT molecular complexity index is 938. The molecule has 2 heterocycles. The Kier molecular flexibility index (Phi) is 5.31. The first-order valence-electron chi connectivity index (χ1n) is 7.63. The highest BCUT2D eigenvalue weighted by Crippen LogP contribution is 2.33. The van der Waals surface area contributed by atoms with Crippen molar-refractivity contribution >= 4 is 29.1 Å². The van der Waals surface area contributed by atoms with Gasteiger partial charge in [0.15, 0.2) is 0 Å². The van der Waals surface area contributed by atoms with Gasteiger partial charge in [-0.05, 0) is 30.3 Å². The molecular weight excluding hydrogens is 383 g/mol. The number of anilines is 3. The maximum absolute atomic E-state index is 12.3. The van der Waals surface area contributed by atoms with Gasteiger partial charge in [-0.1, -0.05) is 11.6 Å². The molecule has 0 bridgehead atoms. The molecule has 0 amide bonds. The standard InChI is InChI=1S/C17H13ClF3N5O/c1-22-16-25-13(10-4-6-23-7-5-10)9-15(26-16)24-11-2-3-14(12(18)8-11)27-17(19,20)21/h2-9H,1H3,(H2,22,24,25,26). The van der Waals surface area contributed by atoms with Crippen molar-refractivity contribution < 1.29 is 17.9 Å². The number of rotatable bonds is 5. The summed E-state index contributed by atoms with van der Waals surface area (Å²) in [4.78, 5) is 12.6. The van der Waals surface area contributed by atoms with Crippen LogP contribution in [0.1, 0.15) is 0 Å². The first kappa shape index (κ1) is 18.7. The Morgan fingerprint density at radius 3 is 2.41 bits per heavy atom. The van der Waals surface area contributed by atoms with E-state index in [1.54, 1.807) is 37.6 Å². The predicted octanol–water partition coefficient (Wildman–Crippen LogP) is 4.88. The lowest BCUT2D eigenvalue weighted by Crippen LogP contribution is -2.17. The highest BCUT2D eigenvalue weighted by Gasteiger charge is 2.32. The van der Waals surface area contributed by atoms with Crippen LogP contribution in [0.5, 0.6) is 5.75 Å². The molecule has 27 heavy (non-hydrogen) atoms. The SMILES string of the molecule is CNc1nc(Nc2ccc(OC(F)(F)F)c(Cl)c2)cc(-c2ccncc2)n1. The molecule has 10 heteroatoms. The number of ether oxygens (including phenoxy) is 1. The van der Waals surface area contributed by atoms with Gasteiger partial charge in [0.2, 0.25) is 5.95 Å². The predicted molar refractivity (Wildman–Crippen MR) is 96.2 cm³/mol. The largest absolute Gasteiger partial charge is 0.573 e. The fourth-order valence-electron chi connectivity index (χ4n) is 2.23. The molecule has 0 fully saturated rings. The van der Waals surface area contributed by atoms with Crippen LogP contribution in [-0.4, -0.2) is 28.4 Å². The van der Waals surface area contributed by atoms with E-state index in [2.05, 4.69) is 30.3 Å². The molecule has 0 saturated heterocycles. The second-order valence-corrected chi connectivity index (χ2v) is 5.67. The van der Waals surface area contributed by atoms with Gasteiger partial charge >= 0.3 is 6.36 Å². The molecule has 0 radical (unpaired) electrons. The minimum absolute atomic E-state index is 0.186. The molecule has 0 unspecified atom stereocenters. The molecule has 3 rings (SSSR count). The van der Waals surface area contributed by atoms with E-state index in [-0.39, 0.29) is 5.02 Å². The van der Waals surface area contributed by atoms with Gasteiger partial charge in [-0.3, -0.25) is 4.98 Å². The lowest BCUT2D eigenvalue weighted by atomic mass is 10.2. The summed E-state index contributed by atoms with van der Waals surface area (Å²) in [6.45, 7) is 0. The number of aromatic nitrogens is 3. The Morgan fingerprint density at radius 1 is 1.04 bits per heavy atom. The molecule has 0 aliphatic rings. The Morgan fingerprint density at radius 2 is 1.78 bits per heavy atom. The van der Waals surface area contributed by atoms with Crippen molar-refractivity contribution in [1.29, 1.82) is 0 Å². The third-order valence-electron chi connectivity index (χ3n) is 3.36. The van der Waals surface area contributed by atoms with Crippen LogP contribution in [0.3, 0.4) is 0 Å². The van der Waals surface area contributed by atoms with E-state index in [1.807, 2.05) is 0 Å². The molecule has 0 spiro atoms. The van der Waals surface area contributed by atoms with Crippen molar-refractivity contribution in [3.8, 4) is 17.0 Å². The van der Waals surface area contributed by atoms with Gasteiger partial charge in [-0.25, -0.2) is 4.98 Å². The van der Waals surface area contributed by atoms with Crippen LogP contribution in [0.4, 0.5) is 30.6 Å². The summed E-state index contributed by atoms with van der Waals surface area (Å²) >= 11 is 5.87. The zero-order valence-electron chi connectivity index (χ0n) is 13.9. The monoisotopic (exact) mass is 395 g/mol. The molecule has 0 aliphatic heterocycles. The van der Waals surface area contributed by atoms with Crippen LogP contribution in [0.25, 0.3) is 11.3 Å². The third kappa shape index (κ3) is 4.98. The third-order valence-corrected chi connectivity index (χ3v) is 3.65. The number of halogens is 4. The summed E-state index contributed by atoms with van der Waals surface area (Å²) in [6, 6.07) is 9.14. The van der Waals surface area contributed by atoms with E-state index < -0.39 is 12.1 Å². The number of benzene rings is 1. The lowest BCUT2D eigenvalue weighted by molar-refractivity contribution is -0.274. The highest BCUT2D eigenvalue weighted by molar-refractivity contribution is 6.32. The lowest BCUT2D eigenvalue weighted by Gasteiger charge is -2.13. The molecule has 0 aliphatic carbocycles. The van der Waals surface area contributed by atoms with Crippen molar-refractivity contribution in [3.05, 3.63) is 53.8 Å². The van der Waals surface area contributed by atoms with E-state index in [4.69, 9.17) is 11.6 Å². The van der Waals surface area contributed by atoms with E-state index in [0.717, 1.165) is 11.6 Å². The molecule has 0 atom stereocenters. The average Bonchev–Trinajstić information content (AvgIpc) is 2.63. The minimum atomic E-state index is -4.81. The Balaban J connectivity index is 1.88. The molecule has 140 valence electrons. The first-order chi connectivity index (χ1) is 12.8. The fraction of sp³-hybridized carbons (Fsp3) is 0.118. The number of nitrogens with one attached hydrogen (secondary N) is 2. The maximum Gasteiger partial charge on any atom is 0.573 e. The Hall–Kier alpha value is -3.07. The van der Waals surface area contributed by atoms with E-state index in [9.17, 15) is 13.2 Å². The minimum Gasteiger partial charge on any atom is -0.404 e. The fourth-order valence-corrected chi connectivity index (χ4v) is 2.45. The summed E-state index contributed by atoms with van der Waals surface area (Å²) in [5.41, 5.74) is 1.91. The quantitative estimate of drug-likeness (QED) is 0.641. The Labute approximate surface area is 157 Å². The maximum atomic E-state index is 12.3. The zero-order valence-corrected chi connectivity index (χ0v) is 14.6. The van der Waals surface area contributed by atoms with Crippen LogP contribution in [0.15, 0.2) is 48.8 Å². The van der Waals surface area contributed by atoms with Crippen molar-refractivity contribution in [2.45, 2.75) is 6.36 Å². The molecule has 1 aromatic carbocycles. The normalized spacial score (nSPS) is 11.1. The summed E-state index contributed by atoms with van der Waals surface area (Å²) < 4.78 is 40.8. The van der Waals surface area contributed by atoms with Crippen LogP contribution >= 0.6 is 11.6 Å². The van der Waals surface area contributed by atoms with Crippen LogP contribution < -0.4 is 15.4 Å². The smallest absolute Gasteiger partial charge is 0.404 e. The van der Waals surface area contributed by atoms with Crippen molar-refractivity contribution in [3.63, 3.8) is 0 Å². The molecule has 6 nitrogen and oxygen atoms in total. The second-order valence-electron chi connectivity index (χ2n) is 5.27. The first-order valence-corrected chi connectivity index (χ1v) is 8.01. The molecule has 2 N–H and O–H groups in total. The molecule has 2 aromatic heterocycles. The van der Waals surface area contributed by atoms with Crippen molar-refractivity contribution in [2.75, 3.05) is 17.7 Å². The zero-order chi connectivity index (χ0) is 19.4. The topological polar surface area (TPSA) is 72.0 Å². The van der Waals surface area contributed by atoms with E-state index >= 15 is 0 Å². The van der Waals surface area contributed by atoms with Gasteiger partial charge in [0.05, 0.1) is 10.7 Å². The number of hydrogen-bond donors (Lipinski definition) is 2. The number of nitrogens with zero attached hydrogens (tertiary/aromatic N) is 3. The van der Waals surface area contributed by atoms with Gasteiger partial charge in [0.25, 0.3) is 0 Å². The second kappa shape index (κ2) is 7.67. The number of alkyl halides is 3. The van der Waals surface area contributed by atoms with Crippen molar-refractivity contribution in [2.24, 2.45) is 0 Å². The average molecular weight is 396 g/mol. The van der Waals surface area contributed by atoms with Gasteiger partial charge in [0, 0.05) is 36.8 Å². The van der Waals surface area contributed by atoms with Crippen LogP contribution in [0.2, 0.25) is 5.02 Å². The van der Waals surface area contributed by atoms with Crippen LogP contribution in [0, 0.1) is 0 Å². The van der Waals surface area contributed by atoms with Gasteiger partial charge in [0.1, 0.15) is 11.6 Å². The van der Waals surface area contributed by atoms with E-state index in [0.29, 0.717) is 23.1 Å². The molecule has 0 saturated carbocycles. The summed E-state index contributed by atoms with van der Waals surface area (Å²) in [7, 11) is 1.68. The van der Waals surface area contributed by atoms with Gasteiger partial charge < -0.3 is 15.4 Å². The highest BCUT2D eigenvalue weighted by atomic mass is 35.5. The molecule has 3 aromatic rings.